The molecule has 0 aromatic heterocycles. The number of anilines is 1. The molecular weight excluding hydrogens is 436 g/mol. The van der Waals surface area contributed by atoms with E-state index in [9.17, 15) is 9.59 Å². The van der Waals surface area contributed by atoms with Gasteiger partial charge in [0.2, 0.25) is 0 Å². The molecule has 2 N–H and O–H groups in total. The first-order valence-electron chi connectivity index (χ1n) is 9.77. The van der Waals surface area contributed by atoms with E-state index in [2.05, 4.69) is 20.9 Å². The van der Waals surface area contributed by atoms with Crippen molar-refractivity contribution < 1.29 is 14.3 Å². The lowest BCUT2D eigenvalue weighted by Crippen LogP contribution is -2.47. The molecule has 7 nitrogen and oxygen atoms in total. The Kier molecular flexibility index (Phi) is 6.48. The first kappa shape index (κ1) is 21.3. The average Bonchev–Trinajstić information content (AvgIpc) is 3.13. The van der Waals surface area contributed by atoms with E-state index in [1.54, 1.807) is 12.1 Å². The minimum atomic E-state index is -0.530. The molecule has 160 valence electrons. The Hall–Kier alpha value is -2.97. The minimum Gasteiger partial charge on any atom is -0.484 e. The van der Waals surface area contributed by atoms with Crippen LogP contribution in [0.1, 0.15) is 5.56 Å². The van der Waals surface area contributed by atoms with Crippen molar-refractivity contribution in [2.45, 2.75) is 0 Å². The first-order valence-corrected chi connectivity index (χ1v) is 11.0. The Morgan fingerprint density at radius 2 is 1.84 bits per heavy atom. The zero-order chi connectivity index (χ0) is 21.8. The zero-order valence-corrected chi connectivity index (χ0v) is 18.2. The number of benzene rings is 2. The van der Waals surface area contributed by atoms with Crippen LogP contribution in [-0.4, -0.2) is 54.7 Å². The summed E-state index contributed by atoms with van der Waals surface area (Å²) in [5, 5.41) is 1.46. The largest absolute Gasteiger partial charge is 0.484 e. The van der Waals surface area contributed by atoms with Crippen LogP contribution in [-0.2, 0) is 9.59 Å². The third-order valence-corrected chi connectivity index (χ3v) is 6.17. The molecule has 2 heterocycles. The molecule has 0 radical (unpaired) electrons. The maximum Gasteiger partial charge on any atom is 0.286 e. The summed E-state index contributed by atoms with van der Waals surface area (Å²) >= 11 is 7.50. The van der Waals surface area contributed by atoms with Gasteiger partial charge in [0.05, 0.1) is 4.91 Å². The lowest BCUT2D eigenvalue weighted by atomic mass is 10.2. The standard InChI is InChI=1S/C22H21ClN4O3S/c23-16-2-1-3-17(13-16)26-8-10-27(11-9-26)22-25-21(29)19(31-22)12-15-4-6-18(7-5-15)30-14-20(24)28/h1-7,12-13H,8-11,14H2,(H2,24,28)/b19-12-. The van der Waals surface area contributed by atoms with E-state index >= 15 is 0 Å². The highest BCUT2D eigenvalue weighted by molar-refractivity contribution is 8.18. The molecule has 31 heavy (non-hydrogen) atoms. The van der Waals surface area contributed by atoms with Crippen molar-refractivity contribution >= 4 is 52.1 Å². The summed E-state index contributed by atoms with van der Waals surface area (Å²) in [4.78, 5) is 32.4. The van der Waals surface area contributed by atoms with Gasteiger partial charge in [-0.05, 0) is 53.7 Å². The topological polar surface area (TPSA) is 88.2 Å². The van der Waals surface area contributed by atoms with Crippen molar-refractivity contribution in [3.05, 3.63) is 64.0 Å². The molecule has 0 spiro atoms. The molecule has 2 aliphatic rings. The van der Waals surface area contributed by atoms with Crippen molar-refractivity contribution in [1.29, 1.82) is 0 Å². The normalized spacial score (nSPS) is 17.8. The number of hydrogen-bond donors (Lipinski definition) is 1. The Morgan fingerprint density at radius 1 is 1.13 bits per heavy atom. The van der Waals surface area contributed by atoms with Gasteiger partial charge in [-0.1, -0.05) is 29.8 Å². The number of amides is 2. The number of primary amides is 1. The molecule has 0 atom stereocenters. The fraction of sp³-hybridized carbons (Fsp3) is 0.227. The molecule has 2 aromatic rings. The van der Waals surface area contributed by atoms with Crippen LogP contribution in [0.4, 0.5) is 5.69 Å². The SMILES string of the molecule is NC(=O)COc1ccc(/C=C2\SC(N3CCN(c4cccc(Cl)c4)CC3)=NC2=O)cc1. The van der Waals surface area contributed by atoms with Crippen LogP contribution in [0.25, 0.3) is 6.08 Å². The number of hydrogen-bond acceptors (Lipinski definition) is 6. The Morgan fingerprint density at radius 3 is 2.52 bits per heavy atom. The fourth-order valence-electron chi connectivity index (χ4n) is 3.33. The summed E-state index contributed by atoms with van der Waals surface area (Å²) in [6.07, 6.45) is 1.81. The molecule has 2 aliphatic heterocycles. The molecule has 9 heteroatoms. The van der Waals surface area contributed by atoms with E-state index in [-0.39, 0.29) is 12.5 Å². The van der Waals surface area contributed by atoms with Crippen LogP contribution in [0.5, 0.6) is 5.75 Å². The van der Waals surface area contributed by atoms with Gasteiger partial charge in [0.1, 0.15) is 5.75 Å². The number of rotatable bonds is 5. The van der Waals surface area contributed by atoms with Gasteiger partial charge in [0.15, 0.2) is 11.8 Å². The van der Waals surface area contributed by atoms with Crippen LogP contribution in [0, 0.1) is 0 Å². The summed E-state index contributed by atoms with van der Waals surface area (Å²) in [5.74, 6) is -0.218. The molecule has 1 fully saturated rings. The summed E-state index contributed by atoms with van der Waals surface area (Å²) in [6, 6.07) is 14.9. The quantitative estimate of drug-likeness (QED) is 0.696. The number of carbonyl (C=O) groups excluding carboxylic acids is 2. The van der Waals surface area contributed by atoms with Gasteiger partial charge < -0.3 is 20.3 Å². The van der Waals surface area contributed by atoms with Crippen molar-refractivity contribution in [3.63, 3.8) is 0 Å². The van der Waals surface area contributed by atoms with Gasteiger partial charge in [0.25, 0.3) is 11.8 Å². The smallest absolute Gasteiger partial charge is 0.286 e. The molecule has 0 saturated carbocycles. The highest BCUT2D eigenvalue weighted by atomic mass is 35.5. The monoisotopic (exact) mass is 456 g/mol. The molecular formula is C22H21ClN4O3S. The third-order valence-electron chi connectivity index (χ3n) is 4.89. The second-order valence-corrected chi connectivity index (χ2v) is 8.53. The van der Waals surface area contributed by atoms with E-state index in [0.717, 1.165) is 47.6 Å². The predicted molar refractivity (Wildman–Crippen MR) is 124 cm³/mol. The molecule has 0 aliphatic carbocycles. The number of nitrogens with two attached hydrogens (primary N) is 1. The van der Waals surface area contributed by atoms with Gasteiger partial charge >= 0.3 is 0 Å². The summed E-state index contributed by atoms with van der Waals surface area (Å²) in [7, 11) is 0. The van der Waals surface area contributed by atoms with E-state index < -0.39 is 5.91 Å². The second kappa shape index (κ2) is 9.45. The number of piperazine rings is 1. The highest BCUT2D eigenvalue weighted by Gasteiger charge is 2.28. The van der Waals surface area contributed by atoms with E-state index in [0.29, 0.717) is 10.7 Å². The van der Waals surface area contributed by atoms with Crippen molar-refractivity contribution in [1.82, 2.24) is 4.90 Å². The number of amidine groups is 1. The third kappa shape index (κ3) is 5.39. The lowest BCUT2D eigenvalue weighted by Gasteiger charge is -2.36. The summed E-state index contributed by atoms with van der Waals surface area (Å²) < 4.78 is 5.25. The van der Waals surface area contributed by atoms with Gasteiger partial charge in [-0.15, -0.1) is 0 Å². The second-order valence-electron chi connectivity index (χ2n) is 7.09. The zero-order valence-electron chi connectivity index (χ0n) is 16.7. The van der Waals surface area contributed by atoms with Crippen molar-refractivity contribution in [2.24, 2.45) is 10.7 Å². The molecule has 1 saturated heterocycles. The summed E-state index contributed by atoms with van der Waals surface area (Å²) in [6.45, 7) is 3.06. The molecule has 2 amide bonds. The average molecular weight is 457 g/mol. The van der Waals surface area contributed by atoms with E-state index in [4.69, 9.17) is 22.1 Å². The van der Waals surface area contributed by atoms with Crippen molar-refractivity contribution in [2.75, 3.05) is 37.7 Å². The molecule has 0 unspecified atom stereocenters. The van der Waals surface area contributed by atoms with Crippen LogP contribution in [0.2, 0.25) is 5.02 Å². The number of carbonyl (C=O) groups is 2. The Bertz CT molecular complexity index is 1050. The van der Waals surface area contributed by atoms with Crippen LogP contribution in [0.3, 0.4) is 0 Å². The Balaban J connectivity index is 1.35. The minimum absolute atomic E-state index is 0.170. The van der Waals surface area contributed by atoms with Gasteiger partial charge in [0, 0.05) is 36.9 Å². The lowest BCUT2D eigenvalue weighted by molar-refractivity contribution is -0.120. The van der Waals surface area contributed by atoms with Gasteiger partial charge in [-0.3, -0.25) is 9.59 Å². The molecule has 2 aromatic carbocycles. The van der Waals surface area contributed by atoms with Gasteiger partial charge in [-0.25, -0.2) is 0 Å². The number of ether oxygens (including phenoxy) is 1. The molecule has 4 rings (SSSR count). The molecule has 0 bridgehead atoms. The fourth-order valence-corrected chi connectivity index (χ4v) is 4.48. The Labute approximate surface area is 189 Å². The summed E-state index contributed by atoms with van der Waals surface area (Å²) in [5.41, 5.74) is 7.03. The number of nitrogens with zero attached hydrogens (tertiary/aromatic N) is 3. The predicted octanol–water partition coefficient (Wildman–Crippen LogP) is 3.00. The van der Waals surface area contributed by atoms with Crippen LogP contribution >= 0.6 is 23.4 Å². The van der Waals surface area contributed by atoms with E-state index in [1.807, 2.05) is 36.4 Å². The van der Waals surface area contributed by atoms with Gasteiger partial charge in [-0.2, -0.15) is 4.99 Å². The number of aliphatic imine (C=N–C) groups is 1. The van der Waals surface area contributed by atoms with E-state index in [1.165, 1.54) is 11.8 Å². The highest BCUT2D eigenvalue weighted by Crippen LogP contribution is 2.31. The maximum atomic E-state index is 12.4. The van der Waals surface area contributed by atoms with Crippen LogP contribution in [0.15, 0.2) is 58.4 Å². The number of thioether (sulfide) groups is 1. The van der Waals surface area contributed by atoms with Crippen molar-refractivity contribution in [3.8, 4) is 5.75 Å². The number of halogens is 1. The maximum absolute atomic E-state index is 12.4. The first-order chi connectivity index (χ1) is 15.0. The van der Waals surface area contributed by atoms with Crippen LogP contribution < -0.4 is 15.4 Å².